The molecule has 3 N–H and O–H groups in total. The maximum absolute atomic E-state index is 12.0. The Morgan fingerprint density at radius 2 is 2.17 bits per heavy atom. The molecule has 18 heavy (non-hydrogen) atoms. The number of carbonyl (C=O) groups excluding carboxylic acids is 1. The number of hydrogen-bond donors (Lipinski definition) is 3. The Morgan fingerprint density at radius 1 is 1.44 bits per heavy atom. The zero-order valence-electron chi connectivity index (χ0n) is 11.1. The quantitative estimate of drug-likeness (QED) is 0.746. The lowest BCUT2D eigenvalue weighted by Gasteiger charge is -2.30. The molecular weight excluding hydrogens is 228 g/mol. The zero-order valence-corrected chi connectivity index (χ0v) is 11.1. The summed E-state index contributed by atoms with van der Waals surface area (Å²) in [6.07, 6.45) is 1.91. The zero-order chi connectivity index (χ0) is 13.0. The van der Waals surface area contributed by atoms with Crippen molar-refractivity contribution in [2.45, 2.75) is 19.3 Å². The van der Waals surface area contributed by atoms with Crippen LogP contribution in [0.2, 0.25) is 0 Å². The molecule has 1 aliphatic heterocycles. The van der Waals surface area contributed by atoms with Crippen LogP contribution in [0.25, 0.3) is 0 Å². The first kappa shape index (κ1) is 13.0. The molecule has 0 spiro atoms. The molecule has 100 valence electrons. The highest BCUT2D eigenvalue weighted by Crippen LogP contribution is 2.19. The third-order valence-corrected chi connectivity index (χ3v) is 3.41. The minimum absolute atomic E-state index is 0.0381. The lowest BCUT2D eigenvalue weighted by atomic mass is 9.89. The molecule has 0 saturated carbocycles. The van der Waals surface area contributed by atoms with Gasteiger partial charge in [-0.1, -0.05) is 13.8 Å². The molecule has 0 bridgehead atoms. The second-order valence-corrected chi connectivity index (χ2v) is 5.36. The minimum atomic E-state index is -0.0762. The van der Waals surface area contributed by atoms with Gasteiger partial charge in [0.15, 0.2) is 0 Å². The first-order valence-corrected chi connectivity index (χ1v) is 6.47. The van der Waals surface area contributed by atoms with E-state index in [4.69, 9.17) is 0 Å². The molecule has 5 nitrogen and oxygen atoms in total. The Balaban J connectivity index is 1.85. The number of aromatic nitrogens is 1. The van der Waals surface area contributed by atoms with Crippen molar-refractivity contribution in [1.29, 1.82) is 0 Å². The van der Waals surface area contributed by atoms with Gasteiger partial charge >= 0.3 is 6.03 Å². The van der Waals surface area contributed by atoms with Gasteiger partial charge in [-0.3, -0.25) is 0 Å². The SMILES string of the molecule is CC(C)(CNC(=O)N1CCNCC1)c1ccc[nH]1. The molecular formula is C13H22N4O. The van der Waals surface area contributed by atoms with Gasteiger partial charge in [-0.15, -0.1) is 0 Å². The van der Waals surface area contributed by atoms with E-state index in [1.165, 1.54) is 0 Å². The summed E-state index contributed by atoms with van der Waals surface area (Å²) in [6.45, 7) is 8.22. The fourth-order valence-corrected chi connectivity index (χ4v) is 2.12. The summed E-state index contributed by atoms with van der Waals surface area (Å²) in [6, 6.07) is 4.07. The predicted octanol–water partition coefficient (Wildman–Crippen LogP) is 0.907. The van der Waals surface area contributed by atoms with E-state index < -0.39 is 0 Å². The summed E-state index contributed by atoms with van der Waals surface area (Å²) < 4.78 is 0. The number of carbonyl (C=O) groups is 1. The first-order chi connectivity index (χ1) is 8.59. The van der Waals surface area contributed by atoms with Crippen LogP contribution >= 0.6 is 0 Å². The molecule has 2 rings (SSSR count). The lowest BCUT2D eigenvalue weighted by Crippen LogP contribution is -2.51. The van der Waals surface area contributed by atoms with E-state index in [9.17, 15) is 4.79 Å². The highest BCUT2D eigenvalue weighted by molar-refractivity contribution is 5.74. The van der Waals surface area contributed by atoms with Crippen molar-refractivity contribution in [1.82, 2.24) is 20.5 Å². The molecule has 1 aliphatic rings. The number of rotatable bonds is 3. The standard InChI is InChI=1S/C13H22N4O/c1-13(2,11-4-3-5-15-11)10-16-12(18)17-8-6-14-7-9-17/h3-5,14-15H,6-10H2,1-2H3,(H,16,18). The van der Waals surface area contributed by atoms with E-state index in [2.05, 4.69) is 35.5 Å². The van der Waals surface area contributed by atoms with E-state index in [1.807, 2.05) is 17.2 Å². The molecule has 2 amide bonds. The summed E-state index contributed by atoms with van der Waals surface area (Å²) in [4.78, 5) is 17.1. The lowest BCUT2D eigenvalue weighted by molar-refractivity contribution is 0.188. The van der Waals surface area contributed by atoms with E-state index in [0.29, 0.717) is 6.54 Å². The molecule has 1 aromatic rings. The number of nitrogens with one attached hydrogen (secondary N) is 3. The Morgan fingerprint density at radius 3 is 2.78 bits per heavy atom. The molecule has 2 heterocycles. The van der Waals surface area contributed by atoms with Crippen LogP contribution in [-0.2, 0) is 5.41 Å². The molecule has 0 atom stereocenters. The number of piperazine rings is 1. The molecule has 0 aromatic carbocycles. The third-order valence-electron chi connectivity index (χ3n) is 3.41. The normalized spacial score (nSPS) is 16.7. The van der Waals surface area contributed by atoms with E-state index in [-0.39, 0.29) is 11.4 Å². The Hall–Kier alpha value is -1.49. The van der Waals surface area contributed by atoms with Crippen LogP contribution in [0.4, 0.5) is 4.79 Å². The molecule has 1 saturated heterocycles. The number of hydrogen-bond acceptors (Lipinski definition) is 2. The van der Waals surface area contributed by atoms with Gasteiger partial charge in [-0.2, -0.15) is 0 Å². The van der Waals surface area contributed by atoms with Crippen LogP contribution in [0.5, 0.6) is 0 Å². The highest BCUT2D eigenvalue weighted by atomic mass is 16.2. The van der Waals surface area contributed by atoms with Gasteiger partial charge in [-0.25, -0.2) is 4.79 Å². The first-order valence-electron chi connectivity index (χ1n) is 6.47. The number of urea groups is 1. The van der Waals surface area contributed by atoms with Gasteiger partial charge < -0.3 is 20.5 Å². The maximum Gasteiger partial charge on any atom is 0.317 e. The minimum Gasteiger partial charge on any atom is -0.364 e. The number of amides is 2. The number of H-pyrrole nitrogens is 1. The van der Waals surface area contributed by atoms with Gasteiger partial charge in [0.05, 0.1) is 0 Å². The second-order valence-electron chi connectivity index (χ2n) is 5.36. The number of aromatic amines is 1. The maximum atomic E-state index is 12.0. The van der Waals surface area contributed by atoms with Crippen LogP contribution < -0.4 is 10.6 Å². The van der Waals surface area contributed by atoms with Crippen LogP contribution in [-0.4, -0.2) is 48.6 Å². The predicted molar refractivity (Wildman–Crippen MR) is 71.7 cm³/mol. The van der Waals surface area contributed by atoms with Crippen molar-refractivity contribution >= 4 is 6.03 Å². The van der Waals surface area contributed by atoms with Crippen molar-refractivity contribution in [3.8, 4) is 0 Å². The fourth-order valence-electron chi connectivity index (χ4n) is 2.12. The van der Waals surface area contributed by atoms with Gasteiger partial charge in [0, 0.05) is 50.0 Å². The van der Waals surface area contributed by atoms with Crippen LogP contribution in [0.1, 0.15) is 19.5 Å². The molecule has 0 radical (unpaired) electrons. The summed E-state index contributed by atoms with van der Waals surface area (Å²) >= 11 is 0. The van der Waals surface area contributed by atoms with Crippen LogP contribution in [0.15, 0.2) is 18.3 Å². The summed E-state index contributed by atoms with van der Waals surface area (Å²) in [5.74, 6) is 0. The Bertz CT molecular complexity index is 380. The number of nitrogens with zero attached hydrogens (tertiary/aromatic N) is 1. The van der Waals surface area contributed by atoms with Crippen molar-refractivity contribution in [3.05, 3.63) is 24.0 Å². The van der Waals surface area contributed by atoms with Gasteiger partial charge in [0.2, 0.25) is 0 Å². The van der Waals surface area contributed by atoms with Gasteiger partial charge in [0.1, 0.15) is 0 Å². The summed E-state index contributed by atoms with van der Waals surface area (Å²) in [5.41, 5.74) is 1.07. The second kappa shape index (κ2) is 5.44. The fraction of sp³-hybridized carbons (Fsp3) is 0.615. The van der Waals surface area contributed by atoms with Gasteiger partial charge in [-0.05, 0) is 12.1 Å². The van der Waals surface area contributed by atoms with E-state index >= 15 is 0 Å². The monoisotopic (exact) mass is 250 g/mol. The molecule has 0 aliphatic carbocycles. The van der Waals surface area contributed by atoms with Crippen molar-refractivity contribution in [2.24, 2.45) is 0 Å². The molecule has 1 fully saturated rings. The van der Waals surface area contributed by atoms with E-state index in [0.717, 1.165) is 31.9 Å². The molecule has 1 aromatic heterocycles. The van der Waals surface area contributed by atoms with Crippen molar-refractivity contribution in [2.75, 3.05) is 32.7 Å². The molecule has 0 unspecified atom stereocenters. The highest BCUT2D eigenvalue weighted by Gasteiger charge is 2.24. The van der Waals surface area contributed by atoms with Crippen molar-refractivity contribution < 1.29 is 4.79 Å². The smallest absolute Gasteiger partial charge is 0.317 e. The average Bonchev–Trinajstić information content (AvgIpc) is 2.92. The largest absolute Gasteiger partial charge is 0.364 e. The third kappa shape index (κ3) is 3.04. The summed E-state index contributed by atoms with van der Waals surface area (Å²) in [5, 5.41) is 6.26. The summed E-state index contributed by atoms with van der Waals surface area (Å²) in [7, 11) is 0. The van der Waals surface area contributed by atoms with Crippen LogP contribution in [0, 0.1) is 0 Å². The topological polar surface area (TPSA) is 60.2 Å². The molecule has 5 heteroatoms. The average molecular weight is 250 g/mol. The van der Waals surface area contributed by atoms with Crippen LogP contribution in [0.3, 0.4) is 0 Å². The van der Waals surface area contributed by atoms with E-state index in [1.54, 1.807) is 0 Å². The Kier molecular flexibility index (Phi) is 3.91. The van der Waals surface area contributed by atoms with Crippen molar-refractivity contribution in [3.63, 3.8) is 0 Å². The van der Waals surface area contributed by atoms with Gasteiger partial charge in [0.25, 0.3) is 0 Å². The Labute approximate surface area is 108 Å².